The second kappa shape index (κ2) is 5.40. The topological polar surface area (TPSA) is 25.4 Å². The van der Waals surface area contributed by atoms with Crippen LogP contribution in [0, 0.1) is 6.92 Å². The van der Waals surface area contributed by atoms with Gasteiger partial charge in [0.05, 0.1) is 7.11 Å². The fourth-order valence-electron chi connectivity index (χ4n) is 1.66. The highest BCUT2D eigenvalue weighted by molar-refractivity contribution is 9.10. The SMILES string of the molecule is COc1cccc(N(C)c2cc(C)c(Br)cn2)c1. The van der Waals surface area contributed by atoms with Crippen LogP contribution in [0.1, 0.15) is 5.56 Å². The number of rotatable bonds is 3. The average Bonchev–Trinajstić information content (AvgIpc) is 2.41. The van der Waals surface area contributed by atoms with Crippen LogP contribution in [0.5, 0.6) is 5.75 Å². The number of anilines is 2. The zero-order valence-electron chi connectivity index (χ0n) is 10.6. The van der Waals surface area contributed by atoms with E-state index in [2.05, 4.69) is 27.8 Å². The summed E-state index contributed by atoms with van der Waals surface area (Å²) in [6.45, 7) is 2.05. The molecule has 0 aliphatic rings. The van der Waals surface area contributed by atoms with Crippen molar-refractivity contribution in [2.45, 2.75) is 6.92 Å². The van der Waals surface area contributed by atoms with Gasteiger partial charge in [0, 0.05) is 29.5 Å². The van der Waals surface area contributed by atoms with Gasteiger partial charge in [-0.2, -0.15) is 0 Å². The maximum Gasteiger partial charge on any atom is 0.132 e. The van der Waals surface area contributed by atoms with Crippen LogP contribution in [-0.2, 0) is 0 Å². The van der Waals surface area contributed by atoms with E-state index < -0.39 is 0 Å². The lowest BCUT2D eigenvalue weighted by Crippen LogP contribution is -2.11. The van der Waals surface area contributed by atoms with Gasteiger partial charge in [-0.1, -0.05) is 6.07 Å². The largest absolute Gasteiger partial charge is 0.497 e. The lowest BCUT2D eigenvalue weighted by molar-refractivity contribution is 0.415. The average molecular weight is 307 g/mol. The molecule has 0 saturated heterocycles. The third-order valence-corrected chi connectivity index (χ3v) is 3.65. The number of halogens is 1. The monoisotopic (exact) mass is 306 g/mol. The van der Waals surface area contributed by atoms with Gasteiger partial charge < -0.3 is 9.64 Å². The first-order chi connectivity index (χ1) is 8.61. The smallest absolute Gasteiger partial charge is 0.132 e. The molecule has 3 nitrogen and oxygen atoms in total. The van der Waals surface area contributed by atoms with Crippen LogP contribution in [0.25, 0.3) is 0 Å². The first-order valence-corrected chi connectivity index (χ1v) is 6.41. The number of methoxy groups -OCH3 is 1. The van der Waals surface area contributed by atoms with Gasteiger partial charge in [-0.25, -0.2) is 4.98 Å². The Morgan fingerprint density at radius 3 is 2.72 bits per heavy atom. The molecule has 0 radical (unpaired) electrons. The van der Waals surface area contributed by atoms with Crippen molar-refractivity contribution in [3.63, 3.8) is 0 Å². The third-order valence-electron chi connectivity index (χ3n) is 2.82. The second-order valence-electron chi connectivity index (χ2n) is 4.05. The minimum atomic E-state index is 0.841. The van der Waals surface area contributed by atoms with Crippen molar-refractivity contribution in [3.8, 4) is 5.75 Å². The summed E-state index contributed by atoms with van der Waals surface area (Å²) in [4.78, 5) is 6.44. The van der Waals surface area contributed by atoms with Crippen LogP contribution in [0.15, 0.2) is 41.0 Å². The maximum absolute atomic E-state index is 5.23. The van der Waals surface area contributed by atoms with E-state index in [0.29, 0.717) is 0 Å². The van der Waals surface area contributed by atoms with Crippen LogP contribution in [0.2, 0.25) is 0 Å². The molecule has 94 valence electrons. The molecule has 0 aliphatic heterocycles. The van der Waals surface area contributed by atoms with Crippen molar-refractivity contribution < 1.29 is 4.74 Å². The lowest BCUT2D eigenvalue weighted by atomic mass is 10.2. The zero-order chi connectivity index (χ0) is 13.1. The highest BCUT2D eigenvalue weighted by Gasteiger charge is 2.07. The van der Waals surface area contributed by atoms with E-state index in [9.17, 15) is 0 Å². The van der Waals surface area contributed by atoms with Crippen LogP contribution in [-0.4, -0.2) is 19.1 Å². The number of ether oxygens (including phenoxy) is 1. The highest BCUT2D eigenvalue weighted by atomic mass is 79.9. The predicted molar refractivity (Wildman–Crippen MR) is 77.7 cm³/mol. The molecule has 0 amide bonds. The molecule has 4 heteroatoms. The molecule has 2 rings (SSSR count). The lowest BCUT2D eigenvalue weighted by Gasteiger charge is -2.19. The van der Waals surface area contributed by atoms with Crippen LogP contribution < -0.4 is 9.64 Å². The van der Waals surface area contributed by atoms with E-state index in [4.69, 9.17) is 4.74 Å². The Kier molecular flexibility index (Phi) is 3.87. The molecule has 1 aromatic heterocycles. The molecule has 0 N–H and O–H groups in total. The van der Waals surface area contributed by atoms with Crippen molar-refractivity contribution in [1.29, 1.82) is 0 Å². The van der Waals surface area contributed by atoms with Crippen LogP contribution in [0.4, 0.5) is 11.5 Å². The summed E-state index contributed by atoms with van der Waals surface area (Å²) in [5, 5.41) is 0. The van der Waals surface area contributed by atoms with E-state index in [-0.39, 0.29) is 0 Å². The molecule has 18 heavy (non-hydrogen) atoms. The Balaban J connectivity index is 2.34. The molecule has 0 atom stereocenters. The Hall–Kier alpha value is -1.55. The first kappa shape index (κ1) is 12.9. The standard InChI is InChI=1S/C14H15BrN2O/c1-10-7-14(16-9-13(10)15)17(2)11-5-4-6-12(8-11)18-3/h4-9H,1-3H3. The van der Waals surface area contributed by atoms with Crippen molar-refractivity contribution in [2.24, 2.45) is 0 Å². The Bertz CT molecular complexity index is 557. The first-order valence-electron chi connectivity index (χ1n) is 5.61. The van der Waals surface area contributed by atoms with Gasteiger partial charge in [-0.05, 0) is 46.6 Å². The van der Waals surface area contributed by atoms with Gasteiger partial charge >= 0.3 is 0 Å². The Labute approximate surface area is 116 Å². The van der Waals surface area contributed by atoms with Gasteiger partial charge in [-0.3, -0.25) is 0 Å². The molecule has 0 spiro atoms. The number of aryl methyl sites for hydroxylation is 1. The fourth-order valence-corrected chi connectivity index (χ4v) is 1.88. The van der Waals surface area contributed by atoms with Gasteiger partial charge in [0.25, 0.3) is 0 Å². The maximum atomic E-state index is 5.23. The number of aromatic nitrogens is 1. The fraction of sp³-hybridized carbons (Fsp3) is 0.214. The normalized spacial score (nSPS) is 10.2. The van der Waals surface area contributed by atoms with E-state index in [1.165, 1.54) is 0 Å². The van der Waals surface area contributed by atoms with Gasteiger partial charge in [0.2, 0.25) is 0 Å². The molecular weight excluding hydrogens is 292 g/mol. The van der Waals surface area contributed by atoms with Crippen molar-refractivity contribution in [1.82, 2.24) is 4.98 Å². The predicted octanol–water partition coefficient (Wildman–Crippen LogP) is 3.93. The number of hydrogen-bond acceptors (Lipinski definition) is 3. The van der Waals surface area contributed by atoms with Gasteiger partial charge in [-0.15, -0.1) is 0 Å². The summed E-state index contributed by atoms with van der Waals surface area (Å²) >= 11 is 3.46. The van der Waals surface area contributed by atoms with Crippen molar-refractivity contribution in [3.05, 3.63) is 46.6 Å². The van der Waals surface area contributed by atoms with E-state index in [1.54, 1.807) is 7.11 Å². The summed E-state index contributed by atoms with van der Waals surface area (Å²) in [7, 11) is 3.66. The second-order valence-corrected chi connectivity index (χ2v) is 4.91. The van der Waals surface area contributed by atoms with Crippen LogP contribution >= 0.6 is 15.9 Å². The summed E-state index contributed by atoms with van der Waals surface area (Å²) in [5.74, 6) is 1.75. The minimum Gasteiger partial charge on any atom is -0.497 e. The summed E-state index contributed by atoms with van der Waals surface area (Å²) < 4.78 is 6.25. The third kappa shape index (κ3) is 2.64. The summed E-state index contributed by atoms with van der Waals surface area (Å²) in [6.07, 6.45) is 1.82. The highest BCUT2D eigenvalue weighted by Crippen LogP contribution is 2.27. The molecular formula is C14H15BrN2O. The van der Waals surface area contributed by atoms with E-state index >= 15 is 0 Å². The quantitative estimate of drug-likeness (QED) is 0.859. The molecule has 2 aromatic rings. The van der Waals surface area contributed by atoms with Crippen LogP contribution in [0.3, 0.4) is 0 Å². The van der Waals surface area contributed by atoms with E-state index in [1.807, 2.05) is 48.5 Å². The summed E-state index contributed by atoms with van der Waals surface area (Å²) in [5.41, 5.74) is 2.21. The number of nitrogens with zero attached hydrogens (tertiary/aromatic N) is 2. The van der Waals surface area contributed by atoms with Gasteiger partial charge in [0.1, 0.15) is 11.6 Å². The van der Waals surface area contributed by atoms with Gasteiger partial charge in [0.15, 0.2) is 0 Å². The summed E-state index contributed by atoms with van der Waals surface area (Å²) in [6, 6.07) is 9.96. The molecule has 0 saturated carbocycles. The Morgan fingerprint density at radius 1 is 1.28 bits per heavy atom. The molecule has 0 unspecified atom stereocenters. The minimum absolute atomic E-state index is 0.841. The molecule has 0 aliphatic carbocycles. The number of benzene rings is 1. The van der Waals surface area contributed by atoms with E-state index in [0.717, 1.165) is 27.3 Å². The number of hydrogen-bond donors (Lipinski definition) is 0. The molecule has 1 heterocycles. The van der Waals surface area contributed by atoms with Crippen molar-refractivity contribution in [2.75, 3.05) is 19.1 Å². The molecule has 0 bridgehead atoms. The molecule has 1 aromatic carbocycles. The zero-order valence-corrected chi connectivity index (χ0v) is 12.2. The Morgan fingerprint density at radius 2 is 2.06 bits per heavy atom. The molecule has 0 fully saturated rings. The number of pyridine rings is 1. The van der Waals surface area contributed by atoms with Crippen molar-refractivity contribution >= 4 is 27.4 Å².